The van der Waals surface area contributed by atoms with E-state index in [0.29, 0.717) is 0 Å². The number of benzene rings is 11. The van der Waals surface area contributed by atoms with Crippen LogP contribution in [0.25, 0.3) is 108 Å². The van der Waals surface area contributed by atoms with E-state index in [9.17, 15) is 0 Å². The maximum Gasteiger partial charge on any atom is -0.00206 e. The molecule has 0 heteroatoms. The molecule has 210 valence electrons. The maximum absolute atomic E-state index is 2.41. The van der Waals surface area contributed by atoms with Gasteiger partial charge in [0.05, 0.1) is 0 Å². The molecule has 11 rings (SSSR count). The van der Waals surface area contributed by atoms with Crippen molar-refractivity contribution in [1.29, 1.82) is 0 Å². The van der Waals surface area contributed by atoms with E-state index in [1.54, 1.807) is 0 Å². The molecule has 0 fully saturated rings. The molecule has 0 N–H and O–H groups in total. The van der Waals surface area contributed by atoms with Crippen LogP contribution in [0.2, 0.25) is 0 Å². The fraction of sp³-hybridized carbons (Fsp3) is 0. The normalized spacial score (nSPS) is 12.3. The second-order valence-corrected chi connectivity index (χ2v) is 12.9. The highest BCUT2D eigenvalue weighted by atomic mass is 14.2. The van der Waals surface area contributed by atoms with Crippen molar-refractivity contribution in [2.45, 2.75) is 0 Å². The topological polar surface area (TPSA) is 0 Å². The van der Waals surface area contributed by atoms with Crippen LogP contribution in [0.1, 0.15) is 0 Å². The van der Waals surface area contributed by atoms with Gasteiger partial charge in [0.25, 0.3) is 0 Å². The third-order valence-electron chi connectivity index (χ3n) is 10.5. The minimum Gasteiger partial charge on any atom is -0.0610 e. The Morgan fingerprint density at radius 2 is 0.543 bits per heavy atom. The van der Waals surface area contributed by atoms with Crippen LogP contribution in [-0.2, 0) is 0 Å². The molecular formula is C46H26. The summed E-state index contributed by atoms with van der Waals surface area (Å²) in [6.07, 6.45) is 0. The van der Waals surface area contributed by atoms with Crippen LogP contribution in [0.4, 0.5) is 0 Å². The first kappa shape index (κ1) is 24.4. The first-order valence-corrected chi connectivity index (χ1v) is 16.1. The van der Waals surface area contributed by atoms with Crippen LogP contribution < -0.4 is 0 Å². The summed E-state index contributed by atoms with van der Waals surface area (Å²) in [5.74, 6) is 0. The second kappa shape index (κ2) is 8.81. The van der Waals surface area contributed by atoms with Gasteiger partial charge in [-0.3, -0.25) is 0 Å². The molecular weight excluding hydrogens is 553 g/mol. The predicted molar refractivity (Wildman–Crippen MR) is 200 cm³/mol. The monoisotopic (exact) mass is 578 g/mol. The first-order chi connectivity index (χ1) is 22.8. The van der Waals surface area contributed by atoms with Crippen molar-refractivity contribution < 1.29 is 0 Å². The van der Waals surface area contributed by atoms with E-state index in [2.05, 4.69) is 158 Å². The lowest BCUT2D eigenvalue weighted by Gasteiger charge is -2.16. The third-order valence-corrected chi connectivity index (χ3v) is 10.5. The summed E-state index contributed by atoms with van der Waals surface area (Å²) in [5, 5.41) is 21.0. The zero-order valence-electron chi connectivity index (χ0n) is 25.0. The van der Waals surface area contributed by atoms with E-state index >= 15 is 0 Å². The number of hydrogen-bond acceptors (Lipinski definition) is 0. The third kappa shape index (κ3) is 3.23. The van der Waals surface area contributed by atoms with Gasteiger partial charge in [-0.15, -0.1) is 0 Å². The highest BCUT2D eigenvalue weighted by Crippen LogP contribution is 2.42. The van der Waals surface area contributed by atoms with Crippen molar-refractivity contribution >= 4 is 86.2 Å². The Labute approximate surface area is 265 Å². The number of rotatable bonds is 2. The molecule has 46 heavy (non-hydrogen) atoms. The van der Waals surface area contributed by atoms with Gasteiger partial charge < -0.3 is 0 Å². The summed E-state index contributed by atoms with van der Waals surface area (Å²) in [5.41, 5.74) is 5.08. The smallest absolute Gasteiger partial charge is 0.00206 e. The Morgan fingerprint density at radius 3 is 0.978 bits per heavy atom. The van der Waals surface area contributed by atoms with Crippen LogP contribution in [0.3, 0.4) is 0 Å². The van der Waals surface area contributed by atoms with E-state index in [1.165, 1.54) is 108 Å². The lowest BCUT2D eigenvalue weighted by molar-refractivity contribution is 1.69. The Balaban J connectivity index is 1.15. The Bertz CT molecular complexity index is 2780. The molecule has 0 heterocycles. The standard InChI is InChI=1S/C46H26/c1-3-29-11-13-33-17-21-37(39-23-19-31(5-1)43(29)45(33)39)35-15-9-27-7-8-28-10-16-36(26-42(28)41(27)25-35)38-22-18-34-14-12-30-4-2-6-32-20-24-40(38)46(34)44(30)32/h1-26H. The first-order valence-electron chi connectivity index (χ1n) is 16.1. The van der Waals surface area contributed by atoms with E-state index in [1.807, 2.05) is 0 Å². The van der Waals surface area contributed by atoms with E-state index in [-0.39, 0.29) is 0 Å². The van der Waals surface area contributed by atoms with Gasteiger partial charge in [-0.1, -0.05) is 146 Å². The highest BCUT2D eigenvalue weighted by molar-refractivity contribution is 6.27. The zero-order chi connectivity index (χ0) is 29.9. The Hall–Kier alpha value is -5.98. The largest absolute Gasteiger partial charge is 0.0610 e. The van der Waals surface area contributed by atoms with Crippen LogP contribution in [0, 0.1) is 0 Å². The quantitative estimate of drug-likeness (QED) is 0.179. The molecule has 0 saturated heterocycles. The Morgan fingerprint density at radius 1 is 0.217 bits per heavy atom. The molecule has 0 unspecified atom stereocenters. The average molecular weight is 579 g/mol. The van der Waals surface area contributed by atoms with Gasteiger partial charge in [0.2, 0.25) is 0 Å². The second-order valence-electron chi connectivity index (χ2n) is 12.9. The molecule has 0 atom stereocenters. The number of fused-ring (bicyclic) bond motifs is 3. The molecule has 0 aliphatic carbocycles. The summed E-state index contributed by atoms with van der Waals surface area (Å²) in [4.78, 5) is 0. The summed E-state index contributed by atoms with van der Waals surface area (Å²) in [7, 11) is 0. The molecule has 11 aromatic rings. The van der Waals surface area contributed by atoms with Crippen LogP contribution >= 0.6 is 0 Å². The lowest BCUT2D eigenvalue weighted by atomic mass is 9.88. The molecule has 0 spiro atoms. The van der Waals surface area contributed by atoms with Crippen LogP contribution in [0.15, 0.2) is 158 Å². The van der Waals surface area contributed by atoms with Crippen LogP contribution in [0.5, 0.6) is 0 Å². The molecule has 0 aliphatic rings. The van der Waals surface area contributed by atoms with Crippen molar-refractivity contribution in [3.8, 4) is 22.3 Å². The maximum atomic E-state index is 2.41. The average Bonchev–Trinajstić information content (AvgIpc) is 3.12. The summed E-state index contributed by atoms with van der Waals surface area (Å²) in [6.45, 7) is 0. The van der Waals surface area contributed by atoms with Gasteiger partial charge in [-0.25, -0.2) is 0 Å². The molecule has 0 radical (unpaired) electrons. The van der Waals surface area contributed by atoms with E-state index in [0.717, 1.165) is 0 Å². The van der Waals surface area contributed by atoms with Gasteiger partial charge in [-0.05, 0) is 121 Å². The van der Waals surface area contributed by atoms with E-state index in [4.69, 9.17) is 0 Å². The molecule has 0 aromatic heterocycles. The molecule has 0 nitrogen and oxygen atoms in total. The van der Waals surface area contributed by atoms with Gasteiger partial charge in [-0.2, -0.15) is 0 Å². The van der Waals surface area contributed by atoms with E-state index < -0.39 is 0 Å². The predicted octanol–water partition coefficient (Wildman–Crippen LogP) is 13.1. The minimum atomic E-state index is 1.26. The van der Waals surface area contributed by atoms with Crippen molar-refractivity contribution in [3.63, 3.8) is 0 Å². The molecule has 11 aromatic carbocycles. The fourth-order valence-electron chi connectivity index (χ4n) is 8.36. The van der Waals surface area contributed by atoms with Gasteiger partial charge in [0, 0.05) is 0 Å². The molecule has 0 aliphatic heterocycles. The fourth-order valence-corrected chi connectivity index (χ4v) is 8.36. The summed E-state index contributed by atoms with van der Waals surface area (Å²) >= 11 is 0. The molecule has 0 saturated carbocycles. The SMILES string of the molecule is c1cc2ccc3ccc(-c4ccc5ccc6ccc(-c7ccc8ccc9cccc%10ccc7c8c9%10)cc6c5c4)c4ccc(c1)c2c34. The molecule has 0 bridgehead atoms. The Kier molecular flexibility index (Phi) is 4.66. The highest BCUT2D eigenvalue weighted by Gasteiger charge is 2.15. The van der Waals surface area contributed by atoms with Gasteiger partial charge in [0.1, 0.15) is 0 Å². The lowest BCUT2D eigenvalue weighted by Crippen LogP contribution is -1.88. The van der Waals surface area contributed by atoms with Crippen molar-refractivity contribution in [2.75, 3.05) is 0 Å². The summed E-state index contributed by atoms with van der Waals surface area (Å²) in [6, 6.07) is 59.2. The van der Waals surface area contributed by atoms with Crippen molar-refractivity contribution in [1.82, 2.24) is 0 Å². The van der Waals surface area contributed by atoms with Gasteiger partial charge in [0.15, 0.2) is 0 Å². The number of hydrogen-bond donors (Lipinski definition) is 0. The van der Waals surface area contributed by atoms with Crippen LogP contribution in [-0.4, -0.2) is 0 Å². The van der Waals surface area contributed by atoms with Crippen molar-refractivity contribution in [2.24, 2.45) is 0 Å². The zero-order valence-corrected chi connectivity index (χ0v) is 25.0. The minimum absolute atomic E-state index is 1.26. The summed E-state index contributed by atoms with van der Waals surface area (Å²) < 4.78 is 0. The van der Waals surface area contributed by atoms with Crippen molar-refractivity contribution in [3.05, 3.63) is 158 Å². The molecule has 0 amide bonds. The van der Waals surface area contributed by atoms with Gasteiger partial charge >= 0.3 is 0 Å².